The molecular formula is C30H31ClF3N5O5. The number of likely N-dealkylation sites (tertiary alicyclic amines) is 1. The van der Waals surface area contributed by atoms with Crippen molar-refractivity contribution >= 4 is 35.4 Å². The highest BCUT2D eigenvalue weighted by Crippen LogP contribution is 2.45. The minimum absolute atomic E-state index is 0.143. The van der Waals surface area contributed by atoms with Gasteiger partial charge in [-0.2, -0.15) is 23.1 Å². The van der Waals surface area contributed by atoms with Crippen molar-refractivity contribution in [3.05, 3.63) is 65.2 Å². The van der Waals surface area contributed by atoms with Crippen LogP contribution in [0.25, 0.3) is 11.1 Å². The zero-order valence-electron chi connectivity index (χ0n) is 23.8. The Hall–Kier alpha value is -4.26. The fourth-order valence-electron chi connectivity index (χ4n) is 5.98. The van der Waals surface area contributed by atoms with Crippen molar-refractivity contribution in [1.29, 1.82) is 0 Å². The van der Waals surface area contributed by atoms with Crippen LogP contribution in [0.1, 0.15) is 37.9 Å². The third-order valence-corrected chi connectivity index (χ3v) is 8.32. The molecule has 10 nitrogen and oxygen atoms in total. The summed E-state index contributed by atoms with van der Waals surface area (Å²) in [5, 5.41) is 9.96. The number of anilines is 2. The molecule has 2 fully saturated rings. The molecule has 3 aromatic rings. The van der Waals surface area contributed by atoms with E-state index in [2.05, 4.69) is 9.97 Å². The molecule has 14 heteroatoms. The van der Waals surface area contributed by atoms with Gasteiger partial charge in [-0.3, -0.25) is 4.90 Å². The summed E-state index contributed by atoms with van der Waals surface area (Å²) in [7, 11) is 0. The number of ether oxygens (including phenoxy) is 2. The van der Waals surface area contributed by atoms with E-state index in [0.29, 0.717) is 37.9 Å². The number of rotatable bonds is 7. The van der Waals surface area contributed by atoms with Crippen LogP contribution in [0.2, 0.25) is 5.02 Å². The number of carbonyl (C=O) groups excluding carboxylic acids is 1. The van der Waals surface area contributed by atoms with Crippen LogP contribution in [-0.2, 0) is 9.53 Å². The number of nitrogens with two attached hydrogens (primary N) is 1. The quantitative estimate of drug-likeness (QED) is 0.302. The molecule has 2 aliphatic rings. The van der Waals surface area contributed by atoms with Crippen LogP contribution < -0.4 is 15.4 Å². The van der Waals surface area contributed by atoms with Crippen LogP contribution in [0, 0.1) is 5.41 Å². The number of aromatic nitrogens is 2. The molecular weight excluding hydrogens is 603 g/mol. The van der Waals surface area contributed by atoms with Gasteiger partial charge in [-0.25, -0.2) is 9.59 Å². The van der Waals surface area contributed by atoms with Gasteiger partial charge in [0.2, 0.25) is 17.9 Å². The average molecular weight is 634 g/mol. The maximum atomic E-state index is 14.5. The molecule has 2 unspecified atom stereocenters. The molecule has 234 valence electrons. The van der Waals surface area contributed by atoms with E-state index in [4.69, 9.17) is 26.8 Å². The van der Waals surface area contributed by atoms with Gasteiger partial charge in [0.15, 0.2) is 0 Å². The number of halogens is 4. The standard InChI is InChI=1S/C30H31ClF3N5O5/c1-2-43-26(40)22-16-29(17-39(22)28(41)42)10-12-38(13-11-29)23-15-24(37-27(35)36-23)44-25(30(32,33)34)20-9-8-19(31)14-21(20)18-6-4-3-5-7-18/h3-9,14-15,22,25H,2,10-13,16-17H2,1H3,(H,41,42)(H2,35,36,37). The van der Waals surface area contributed by atoms with E-state index < -0.39 is 35.8 Å². The van der Waals surface area contributed by atoms with E-state index in [1.165, 1.54) is 24.3 Å². The second-order valence-electron chi connectivity index (χ2n) is 10.9. The summed E-state index contributed by atoms with van der Waals surface area (Å²) < 4.78 is 54.2. The molecule has 44 heavy (non-hydrogen) atoms. The van der Waals surface area contributed by atoms with Crippen LogP contribution in [-0.4, -0.2) is 70.5 Å². The van der Waals surface area contributed by atoms with Gasteiger partial charge in [0.1, 0.15) is 11.9 Å². The lowest BCUT2D eigenvalue weighted by molar-refractivity contribution is -0.198. The molecule has 1 amide bonds. The molecule has 3 N–H and O–H groups in total. The van der Waals surface area contributed by atoms with Gasteiger partial charge in [-0.1, -0.05) is 48.0 Å². The second-order valence-corrected chi connectivity index (χ2v) is 11.4. The molecule has 2 atom stereocenters. The van der Waals surface area contributed by atoms with Crippen molar-refractivity contribution in [2.24, 2.45) is 5.41 Å². The van der Waals surface area contributed by atoms with E-state index >= 15 is 0 Å². The van der Waals surface area contributed by atoms with Gasteiger partial charge >= 0.3 is 18.2 Å². The Kier molecular flexibility index (Phi) is 8.78. The maximum absolute atomic E-state index is 14.5. The van der Waals surface area contributed by atoms with Crippen LogP contribution in [0.15, 0.2) is 54.6 Å². The second kappa shape index (κ2) is 12.4. The topological polar surface area (TPSA) is 131 Å². The molecule has 2 aliphatic heterocycles. The number of carbonyl (C=O) groups is 2. The third-order valence-electron chi connectivity index (χ3n) is 8.09. The number of nitrogen functional groups attached to an aromatic ring is 1. The van der Waals surface area contributed by atoms with E-state index in [0.717, 1.165) is 4.90 Å². The third kappa shape index (κ3) is 6.62. The van der Waals surface area contributed by atoms with Gasteiger partial charge < -0.3 is 25.2 Å². The van der Waals surface area contributed by atoms with Crippen LogP contribution in [0.5, 0.6) is 5.88 Å². The van der Waals surface area contributed by atoms with Gasteiger partial charge in [0.25, 0.3) is 0 Å². The first-order chi connectivity index (χ1) is 20.9. The molecule has 0 bridgehead atoms. The Labute approximate surface area is 256 Å². The van der Waals surface area contributed by atoms with E-state index in [-0.39, 0.29) is 46.9 Å². The Morgan fingerprint density at radius 3 is 2.48 bits per heavy atom. The summed E-state index contributed by atoms with van der Waals surface area (Å²) >= 11 is 6.16. The average Bonchev–Trinajstić information content (AvgIpc) is 3.36. The predicted molar refractivity (Wildman–Crippen MR) is 156 cm³/mol. The molecule has 5 rings (SSSR count). The van der Waals surface area contributed by atoms with Crippen molar-refractivity contribution in [1.82, 2.24) is 14.9 Å². The summed E-state index contributed by atoms with van der Waals surface area (Å²) in [6.45, 7) is 2.78. The number of amides is 1. The number of esters is 1. The lowest BCUT2D eigenvalue weighted by Crippen LogP contribution is -2.43. The van der Waals surface area contributed by atoms with Gasteiger partial charge in [0.05, 0.1) is 6.61 Å². The van der Waals surface area contributed by atoms with Crippen LogP contribution >= 0.6 is 11.6 Å². The molecule has 1 spiro atoms. The zero-order valence-corrected chi connectivity index (χ0v) is 24.5. The maximum Gasteiger partial charge on any atom is 0.429 e. The normalized spacial score (nSPS) is 18.7. The lowest BCUT2D eigenvalue weighted by atomic mass is 9.76. The first-order valence-electron chi connectivity index (χ1n) is 14.0. The smallest absolute Gasteiger partial charge is 0.429 e. The Morgan fingerprint density at radius 1 is 1.14 bits per heavy atom. The summed E-state index contributed by atoms with van der Waals surface area (Å²) in [4.78, 5) is 35.5. The number of nitrogens with zero attached hydrogens (tertiary/aromatic N) is 4. The van der Waals surface area contributed by atoms with Gasteiger partial charge in [-0.15, -0.1) is 0 Å². The molecule has 3 heterocycles. The van der Waals surface area contributed by atoms with E-state index in [1.54, 1.807) is 37.3 Å². The zero-order chi connectivity index (χ0) is 31.6. The van der Waals surface area contributed by atoms with Crippen molar-refractivity contribution < 1.29 is 37.3 Å². The predicted octanol–water partition coefficient (Wildman–Crippen LogP) is 5.96. The van der Waals surface area contributed by atoms with E-state index in [1.807, 2.05) is 4.90 Å². The Bertz CT molecular complexity index is 1520. The molecule has 2 saturated heterocycles. The molecule has 1 aromatic heterocycles. The summed E-state index contributed by atoms with van der Waals surface area (Å²) in [5.74, 6) is -0.921. The van der Waals surface area contributed by atoms with Gasteiger partial charge in [-0.05, 0) is 54.9 Å². The Morgan fingerprint density at radius 2 is 1.84 bits per heavy atom. The summed E-state index contributed by atoms with van der Waals surface area (Å²) in [6.07, 6.45) is -7.04. The highest BCUT2D eigenvalue weighted by molar-refractivity contribution is 6.30. The first kappa shape index (κ1) is 31.2. The Balaban J connectivity index is 1.37. The monoisotopic (exact) mass is 633 g/mol. The van der Waals surface area contributed by atoms with Crippen molar-refractivity contribution in [3.63, 3.8) is 0 Å². The number of hydrogen-bond acceptors (Lipinski definition) is 8. The van der Waals surface area contributed by atoms with Gasteiger partial charge in [0, 0.05) is 36.3 Å². The minimum atomic E-state index is -4.82. The largest absolute Gasteiger partial charge is 0.465 e. The summed E-state index contributed by atoms with van der Waals surface area (Å²) in [5.41, 5.74) is 6.13. The van der Waals surface area contributed by atoms with Crippen LogP contribution in [0.4, 0.5) is 29.7 Å². The number of carboxylic acid groups (broad SMARTS) is 1. The number of benzene rings is 2. The summed E-state index contributed by atoms with van der Waals surface area (Å²) in [6, 6.07) is 13.1. The van der Waals surface area contributed by atoms with Crippen LogP contribution in [0.3, 0.4) is 0 Å². The number of hydrogen-bond donors (Lipinski definition) is 2. The number of alkyl halides is 3. The fourth-order valence-corrected chi connectivity index (χ4v) is 6.16. The SMILES string of the molecule is CCOC(=O)C1CC2(CCN(c3cc(OC(c4ccc(Cl)cc4-c4ccccc4)C(F)(F)F)nc(N)n3)CC2)CN1C(=O)O. The van der Waals surface area contributed by atoms with Crippen molar-refractivity contribution in [2.45, 2.75) is 44.5 Å². The van der Waals surface area contributed by atoms with Crippen molar-refractivity contribution in [3.8, 4) is 17.0 Å². The molecule has 2 aromatic carbocycles. The first-order valence-corrected chi connectivity index (χ1v) is 14.4. The fraction of sp³-hybridized carbons (Fsp3) is 0.400. The van der Waals surface area contributed by atoms with E-state index in [9.17, 15) is 27.9 Å². The molecule has 0 aliphatic carbocycles. The minimum Gasteiger partial charge on any atom is -0.465 e. The molecule has 0 radical (unpaired) electrons. The highest BCUT2D eigenvalue weighted by Gasteiger charge is 2.51. The lowest BCUT2D eigenvalue weighted by Gasteiger charge is -2.39. The van der Waals surface area contributed by atoms with Crippen molar-refractivity contribution in [2.75, 3.05) is 36.9 Å². The highest BCUT2D eigenvalue weighted by atomic mass is 35.5. The molecule has 0 saturated carbocycles. The number of piperidine rings is 1.